The van der Waals surface area contributed by atoms with Crippen molar-refractivity contribution in [3.63, 3.8) is 0 Å². The second kappa shape index (κ2) is 7.01. The zero-order valence-electron chi connectivity index (χ0n) is 11.1. The first-order valence-corrected chi connectivity index (χ1v) is 5.80. The van der Waals surface area contributed by atoms with Gasteiger partial charge in [-0.05, 0) is 32.6 Å². The van der Waals surface area contributed by atoms with Gasteiger partial charge in [-0.3, -0.25) is 0 Å². The van der Waals surface area contributed by atoms with E-state index in [2.05, 4.69) is 24.3 Å². The molecule has 0 aliphatic carbocycles. The largest absolute Gasteiger partial charge is 0.493 e. The van der Waals surface area contributed by atoms with E-state index >= 15 is 0 Å². The van der Waals surface area contributed by atoms with Crippen LogP contribution in [-0.4, -0.2) is 46.3 Å². The molecule has 0 amide bonds. The molecule has 96 valence electrons. The van der Waals surface area contributed by atoms with Crippen LogP contribution in [0.3, 0.4) is 0 Å². The summed E-state index contributed by atoms with van der Waals surface area (Å²) in [4.78, 5) is 2.14. The van der Waals surface area contributed by atoms with Crippen molar-refractivity contribution in [2.24, 2.45) is 0 Å². The van der Waals surface area contributed by atoms with Gasteiger partial charge < -0.3 is 19.7 Å². The number of hydrogen-bond acceptors (Lipinski definition) is 4. The molecule has 0 heterocycles. The van der Waals surface area contributed by atoms with E-state index in [1.807, 2.05) is 25.2 Å². The fourth-order valence-electron chi connectivity index (χ4n) is 1.51. The van der Waals surface area contributed by atoms with Gasteiger partial charge in [0.05, 0.1) is 13.7 Å². The molecule has 0 aliphatic rings. The summed E-state index contributed by atoms with van der Waals surface area (Å²) >= 11 is 0. The number of ether oxygens (including phenoxy) is 2. The lowest BCUT2D eigenvalue weighted by atomic mass is 10.2. The molecule has 0 radical (unpaired) electrons. The zero-order valence-corrected chi connectivity index (χ0v) is 11.1. The minimum absolute atomic E-state index is 0.696. The molecule has 1 N–H and O–H groups in total. The van der Waals surface area contributed by atoms with E-state index < -0.39 is 0 Å². The summed E-state index contributed by atoms with van der Waals surface area (Å²) in [5, 5.41) is 3.08. The minimum Gasteiger partial charge on any atom is -0.493 e. The second-order valence-corrected chi connectivity index (χ2v) is 4.12. The highest BCUT2D eigenvalue weighted by Gasteiger charge is 2.05. The van der Waals surface area contributed by atoms with Gasteiger partial charge in [0, 0.05) is 25.3 Å². The third-order valence-corrected chi connectivity index (χ3v) is 2.46. The normalized spacial score (nSPS) is 10.4. The molecule has 0 fully saturated rings. The summed E-state index contributed by atoms with van der Waals surface area (Å²) in [6, 6.07) is 5.83. The van der Waals surface area contributed by atoms with Gasteiger partial charge in [-0.2, -0.15) is 0 Å². The Kier molecular flexibility index (Phi) is 5.63. The quantitative estimate of drug-likeness (QED) is 0.737. The van der Waals surface area contributed by atoms with Crippen LogP contribution in [0.5, 0.6) is 11.5 Å². The van der Waals surface area contributed by atoms with Crippen molar-refractivity contribution in [2.45, 2.75) is 6.42 Å². The van der Waals surface area contributed by atoms with E-state index in [9.17, 15) is 0 Å². The summed E-state index contributed by atoms with van der Waals surface area (Å²) in [5.41, 5.74) is 1.02. The molecule has 1 aromatic carbocycles. The first-order valence-electron chi connectivity index (χ1n) is 5.80. The van der Waals surface area contributed by atoms with Crippen molar-refractivity contribution in [3.8, 4) is 11.5 Å². The monoisotopic (exact) mass is 238 g/mol. The van der Waals surface area contributed by atoms with Gasteiger partial charge in [-0.15, -0.1) is 0 Å². The number of nitrogens with zero attached hydrogens (tertiary/aromatic N) is 1. The van der Waals surface area contributed by atoms with Crippen LogP contribution < -0.4 is 14.8 Å². The van der Waals surface area contributed by atoms with E-state index in [1.54, 1.807) is 7.11 Å². The lowest BCUT2D eigenvalue weighted by Gasteiger charge is -2.13. The van der Waals surface area contributed by atoms with Gasteiger partial charge in [0.2, 0.25) is 0 Å². The van der Waals surface area contributed by atoms with E-state index in [0.717, 1.165) is 30.2 Å². The Labute approximate surface area is 104 Å². The first-order chi connectivity index (χ1) is 8.17. The van der Waals surface area contributed by atoms with E-state index in [1.165, 1.54) is 0 Å². The van der Waals surface area contributed by atoms with Gasteiger partial charge in [-0.25, -0.2) is 0 Å². The van der Waals surface area contributed by atoms with Gasteiger partial charge in [0.1, 0.15) is 0 Å². The molecule has 0 aliphatic heterocycles. The number of nitrogens with one attached hydrogen (secondary N) is 1. The van der Waals surface area contributed by atoms with Gasteiger partial charge in [-0.1, -0.05) is 0 Å². The Morgan fingerprint density at radius 1 is 1.24 bits per heavy atom. The van der Waals surface area contributed by atoms with Crippen molar-refractivity contribution in [1.29, 1.82) is 0 Å². The topological polar surface area (TPSA) is 33.7 Å². The number of hydrogen-bond donors (Lipinski definition) is 1. The van der Waals surface area contributed by atoms with Crippen LogP contribution in [0.1, 0.15) is 6.42 Å². The molecule has 17 heavy (non-hydrogen) atoms. The van der Waals surface area contributed by atoms with E-state index in [0.29, 0.717) is 6.61 Å². The second-order valence-electron chi connectivity index (χ2n) is 4.12. The van der Waals surface area contributed by atoms with Gasteiger partial charge in [0.25, 0.3) is 0 Å². The van der Waals surface area contributed by atoms with Gasteiger partial charge >= 0.3 is 0 Å². The van der Waals surface area contributed by atoms with Crippen LogP contribution in [0.15, 0.2) is 18.2 Å². The first kappa shape index (κ1) is 13.6. The third kappa shape index (κ3) is 4.53. The summed E-state index contributed by atoms with van der Waals surface area (Å²) in [7, 11) is 7.66. The summed E-state index contributed by atoms with van der Waals surface area (Å²) in [6.45, 7) is 1.72. The van der Waals surface area contributed by atoms with Crippen molar-refractivity contribution in [3.05, 3.63) is 18.2 Å². The zero-order chi connectivity index (χ0) is 12.7. The summed E-state index contributed by atoms with van der Waals surface area (Å²) in [5.74, 6) is 1.56. The highest BCUT2D eigenvalue weighted by atomic mass is 16.5. The Morgan fingerprint density at radius 3 is 2.59 bits per heavy atom. The molecule has 0 spiro atoms. The lowest BCUT2D eigenvalue weighted by Crippen LogP contribution is -2.15. The SMILES string of the molecule is CNc1ccc(OC)c(OCCCN(C)C)c1. The van der Waals surface area contributed by atoms with Crippen molar-refractivity contribution in [1.82, 2.24) is 4.90 Å². The van der Waals surface area contributed by atoms with Crippen LogP contribution in [-0.2, 0) is 0 Å². The molecule has 0 saturated carbocycles. The molecule has 0 aromatic heterocycles. The average molecular weight is 238 g/mol. The van der Waals surface area contributed by atoms with Crippen LogP contribution in [0.25, 0.3) is 0 Å². The van der Waals surface area contributed by atoms with Gasteiger partial charge in [0.15, 0.2) is 11.5 Å². The molecule has 1 rings (SSSR count). The Balaban J connectivity index is 2.55. The fraction of sp³-hybridized carbons (Fsp3) is 0.538. The number of benzene rings is 1. The number of anilines is 1. The maximum absolute atomic E-state index is 5.73. The molecule has 4 heteroatoms. The van der Waals surface area contributed by atoms with Crippen LogP contribution >= 0.6 is 0 Å². The molecule has 0 saturated heterocycles. The molecular weight excluding hydrogens is 216 g/mol. The highest BCUT2D eigenvalue weighted by Crippen LogP contribution is 2.30. The van der Waals surface area contributed by atoms with E-state index in [-0.39, 0.29) is 0 Å². The Hall–Kier alpha value is -1.42. The minimum atomic E-state index is 0.696. The Bertz CT molecular complexity index is 340. The third-order valence-electron chi connectivity index (χ3n) is 2.46. The fourth-order valence-corrected chi connectivity index (χ4v) is 1.51. The lowest BCUT2D eigenvalue weighted by molar-refractivity contribution is 0.268. The highest BCUT2D eigenvalue weighted by molar-refractivity contribution is 5.54. The molecular formula is C13H22N2O2. The average Bonchev–Trinajstić information content (AvgIpc) is 2.34. The molecule has 4 nitrogen and oxygen atoms in total. The number of methoxy groups -OCH3 is 1. The predicted octanol–water partition coefficient (Wildman–Crippen LogP) is 2.07. The number of rotatable bonds is 7. The standard InChI is InChI=1S/C13H22N2O2/c1-14-11-6-7-12(16-4)13(10-11)17-9-5-8-15(2)3/h6-7,10,14H,5,8-9H2,1-4H3. The molecule has 1 aromatic rings. The maximum atomic E-state index is 5.73. The van der Waals surface area contributed by atoms with E-state index in [4.69, 9.17) is 9.47 Å². The van der Waals surface area contributed by atoms with Crippen LogP contribution in [0.4, 0.5) is 5.69 Å². The van der Waals surface area contributed by atoms with Crippen molar-refractivity contribution < 1.29 is 9.47 Å². The predicted molar refractivity (Wildman–Crippen MR) is 71.2 cm³/mol. The van der Waals surface area contributed by atoms with Crippen LogP contribution in [0.2, 0.25) is 0 Å². The summed E-state index contributed by atoms with van der Waals surface area (Å²) < 4.78 is 11.0. The molecule has 0 bridgehead atoms. The molecule has 0 unspecified atom stereocenters. The summed E-state index contributed by atoms with van der Waals surface area (Å²) in [6.07, 6.45) is 1.000. The maximum Gasteiger partial charge on any atom is 0.163 e. The smallest absolute Gasteiger partial charge is 0.163 e. The van der Waals surface area contributed by atoms with Crippen LogP contribution in [0, 0.1) is 0 Å². The van der Waals surface area contributed by atoms with Crippen molar-refractivity contribution >= 4 is 5.69 Å². The van der Waals surface area contributed by atoms with Crippen molar-refractivity contribution in [2.75, 3.05) is 46.7 Å². The Morgan fingerprint density at radius 2 is 2.00 bits per heavy atom. The molecule has 0 atom stereocenters.